The van der Waals surface area contributed by atoms with Crippen molar-refractivity contribution in [2.45, 2.75) is 328 Å². The van der Waals surface area contributed by atoms with Crippen molar-refractivity contribution in [3.63, 3.8) is 0 Å². The summed E-state index contributed by atoms with van der Waals surface area (Å²) in [6, 6.07) is -0.541. The van der Waals surface area contributed by atoms with Crippen LogP contribution >= 0.6 is 0 Å². The molecule has 1 amide bonds. The van der Waals surface area contributed by atoms with Crippen LogP contribution in [-0.2, 0) is 14.3 Å². The molecule has 0 bridgehead atoms. The molecule has 0 aromatic rings. The number of unbranched alkanes of at least 4 members (excludes halogenated alkanes) is 40. The average Bonchev–Trinajstić information content (AvgIpc) is 3.28. The zero-order valence-corrected chi connectivity index (χ0v) is 42.6. The Hall–Kier alpha value is -1.40. The van der Waals surface area contributed by atoms with Gasteiger partial charge in [0.25, 0.3) is 0 Å². The highest BCUT2D eigenvalue weighted by molar-refractivity contribution is 5.76. The number of carbonyl (C=O) groups is 2. The highest BCUT2D eigenvalue weighted by Gasteiger charge is 2.20. The summed E-state index contributed by atoms with van der Waals surface area (Å²) >= 11 is 0. The maximum atomic E-state index is 12.4. The molecule has 0 aromatic carbocycles. The van der Waals surface area contributed by atoms with Gasteiger partial charge in [0.2, 0.25) is 5.91 Å². The summed E-state index contributed by atoms with van der Waals surface area (Å²) in [5, 5.41) is 23.1. The summed E-state index contributed by atoms with van der Waals surface area (Å²) < 4.78 is 5.47. The topological polar surface area (TPSA) is 95.9 Å². The molecule has 0 radical (unpaired) electrons. The summed E-state index contributed by atoms with van der Waals surface area (Å²) in [7, 11) is 0. The van der Waals surface area contributed by atoms with Crippen molar-refractivity contribution < 1.29 is 24.5 Å². The van der Waals surface area contributed by atoms with Gasteiger partial charge in [-0.15, -0.1) is 0 Å². The highest BCUT2D eigenvalue weighted by atomic mass is 16.5. The highest BCUT2D eigenvalue weighted by Crippen LogP contribution is 2.17. The van der Waals surface area contributed by atoms with Crippen LogP contribution in [0.25, 0.3) is 0 Å². The summed E-state index contributed by atoms with van der Waals surface area (Å²) in [5.41, 5.74) is 0. The molecule has 2 atom stereocenters. The van der Waals surface area contributed by atoms with E-state index in [4.69, 9.17) is 4.74 Å². The van der Waals surface area contributed by atoms with Crippen molar-refractivity contribution in [2.24, 2.45) is 0 Å². The van der Waals surface area contributed by atoms with Crippen molar-refractivity contribution in [3.8, 4) is 0 Å². The number of allylic oxidation sites excluding steroid dienone is 2. The van der Waals surface area contributed by atoms with E-state index in [1.807, 2.05) is 0 Å². The average molecular weight is 891 g/mol. The molecule has 0 aromatic heterocycles. The Morgan fingerprint density at radius 1 is 0.429 bits per heavy atom. The molecule has 6 heteroatoms. The second kappa shape index (κ2) is 53.2. The van der Waals surface area contributed by atoms with Crippen LogP contribution in [0.4, 0.5) is 0 Å². The van der Waals surface area contributed by atoms with E-state index in [9.17, 15) is 19.8 Å². The molecule has 2 unspecified atom stereocenters. The zero-order valence-electron chi connectivity index (χ0n) is 42.6. The summed E-state index contributed by atoms with van der Waals surface area (Å²) in [6.07, 6.45) is 62.2. The predicted molar refractivity (Wildman–Crippen MR) is 273 cm³/mol. The molecular formula is C57H111NO5. The van der Waals surface area contributed by atoms with Crippen LogP contribution in [0, 0.1) is 0 Å². The minimum absolute atomic E-state index is 0.0142. The first-order chi connectivity index (χ1) is 31.0. The van der Waals surface area contributed by atoms with Gasteiger partial charge in [0.05, 0.1) is 25.4 Å². The van der Waals surface area contributed by atoms with Gasteiger partial charge in [0.1, 0.15) is 0 Å². The Bertz CT molecular complexity index is 939. The number of aliphatic hydroxyl groups is 2. The molecule has 0 heterocycles. The fourth-order valence-corrected chi connectivity index (χ4v) is 8.93. The van der Waals surface area contributed by atoms with Crippen LogP contribution in [0.1, 0.15) is 316 Å². The molecule has 6 nitrogen and oxygen atoms in total. The fraction of sp³-hybridized carbons (Fsp3) is 0.930. The van der Waals surface area contributed by atoms with Gasteiger partial charge < -0.3 is 20.3 Å². The number of esters is 1. The Balaban J connectivity index is 3.36. The van der Waals surface area contributed by atoms with Gasteiger partial charge in [0, 0.05) is 12.8 Å². The standard InChI is InChI=1S/C57H111NO5/c1-3-5-7-9-11-13-14-27-31-35-39-43-47-51-57(62)63-52-48-44-40-36-32-29-26-24-22-20-18-16-15-17-19-21-23-25-28-30-34-38-42-46-50-56(61)58-54(53-59)55(60)49-45-41-37-33-12-10-8-6-4-2/h17,19,54-55,59-60H,3-16,18,20-53H2,1-2H3,(H,58,61)/b19-17-. The number of aliphatic hydroxyl groups excluding tert-OH is 2. The molecular weight excluding hydrogens is 779 g/mol. The smallest absolute Gasteiger partial charge is 0.305 e. The molecule has 0 aliphatic rings. The summed E-state index contributed by atoms with van der Waals surface area (Å²) in [4.78, 5) is 24.4. The molecule has 0 spiro atoms. The molecule has 0 saturated heterocycles. The van der Waals surface area contributed by atoms with Crippen LogP contribution in [0.15, 0.2) is 12.2 Å². The molecule has 374 valence electrons. The van der Waals surface area contributed by atoms with E-state index in [1.54, 1.807) is 0 Å². The lowest BCUT2D eigenvalue weighted by Gasteiger charge is -2.22. The van der Waals surface area contributed by atoms with Crippen LogP contribution < -0.4 is 5.32 Å². The van der Waals surface area contributed by atoms with Crippen molar-refractivity contribution in [1.82, 2.24) is 5.32 Å². The monoisotopic (exact) mass is 890 g/mol. The Morgan fingerprint density at radius 3 is 1.13 bits per heavy atom. The molecule has 63 heavy (non-hydrogen) atoms. The van der Waals surface area contributed by atoms with Crippen LogP contribution in [0.2, 0.25) is 0 Å². The van der Waals surface area contributed by atoms with Gasteiger partial charge in [-0.05, 0) is 51.4 Å². The largest absolute Gasteiger partial charge is 0.466 e. The Morgan fingerprint density at radius 2 is 0.746 bits per heavy atom. The number of amides is 1. The fourth-order valence-electron chi connectivity index (χ4n) is 8.93. The molecule has 3 N–H and O–H groups in total. The minimum atomic E-state index is -0.664. The van der Waals surface area contributed by atoms with Crippen LogP contribution in [0.3, 0.4) is 0 Å². The van der Waals surface area contributed by atoms with Crippen LogP contribution in [0.5, 0.6) is 0 Å². The van der Waals surface area contributed by atoms with Crippen molar-refractivity contribution in [3.05, 3.63) is 12.2 Å². The van der Waals surface area contributed by atoms with E-state index in [0.29, 0.717) is 25.9 Å². The third kappa shape index (κ3) is 49.9. The lowest BCUT2D eigenvalue weighted by atomic mass is 10.0. The van der Waals surface area contributed by atoms with Gasteiger partial charge in [-0.2, -0.15) is 0 Å². The molecule has 0 aliphatic heterocycles. The van der Waals surface area contributed by atoms with Gasteiger partial charge >= 0.3 is 5.97 Å². The quantitative estimate of drug-likeness (QED) is 0.0321. The van der Waals surface area contributed by atoms with Crippen LogP contribution in [-0.4, -0.2) is 47.4 Å². The SMILES string of the molecule is CCCCCCCCCCCCCCCC(=O)OCCCCCCCCCCCCCC/C=C\CCCCCCCCCCC(=O)NC(CO)C(O)CCCCCCCCCCC. The number of nitrogens with one attached hydrogen (secondary N) is 1. The number of rotatable bonds is 53. The second-order valence-electron chi connectivity index (χ2n) is 19.6. The first-order valence-corrected chi connectivity index (χ1v) is 28.4. The third-order valence-electron chi connectivity index (χ3n) is 13.3. The molecule has 0 rings (SSSR count). The molecule has 0 fully saturated rings. The first-order valence-electron chi connectivity index (χ1n) is 28.4. The second-order valence-corrected chi connectivity index (χ2v) is 19.6. The van der Waals surface area contributed by atoms with Crippen molar-refractivity contribution in [2.75, 3.05) is 13.2 Å². The number of ether oxygens (including phenoxy) is 1. The zero-order chi connectivity index (χ0) is 45.8. The minimum Gasteiger partial charge on any atom is -0.466 e. The Kier molecular flexibility index (Phi) is 52.0. The predicted octanol–water partition coefficient (Wildman–Crippen LogP) is 17.3. The summed E-state index contributed by atoms with van der Waals surface area (Å²) in [5.74, 6) is -0.0269. The van der Waals surface area contributed by atoms with E-state index in [2.05, 4.69) is 31.3 Å². The Labute approximate surface area is 393 Å². The van der Waals surface area contributed by atoms with E-state index in [0.717, 1.165) is 38.5 Å². The normalized spacial score (nSPS) is 12.6. The number of hydrogen-bond acceptors (Lipinski definition) is 5. The number of carbonyl (C=O) groups excluding carboxylic acids is 2. The number of hydrogen-bond donors (Lipinski definition) is 3. The maximum Gasteiger partial charge on any atom is 0.305 e. The van der Waals surface area contributed by atoms with Gasteiger partial charge in [-0.3, -0.25) is 9.59 Å². The maximum absolute atomic E-state index is 12.4. The van der Waals surface area contributed by atoms with Crippen molar-refractivity contribution >= 4 is 11.9 Å². The van der Waals surface area contributed by atoms with Gasteiger partial charge in [-0.1, -0.05) is 264 Å². The third-order valence-corrected chi connectivity index (χ3v) is 13.3. The van der Waals surface area contributed by atoms with Gasteiger partial charge in [0.15, 0.2) is 0 Å². The van der Waals surface area contributed by atoms with E-state index < -0.39 is 12.1 Å². The lowest BCUT2D eigenvalue weighted by Crippen LogP contribution is -2.45. The lowest BCUT2D eigenvalue weighted by molar-refractivity contribution is -0.143. The van der Waals surface area contributed by atoms with Gasteiger partial charge in [-0.25, -0.2) is 0 Å². The molecule has 0 saturated carbocycles. The van der Waals surface area contributed by atoms with Crippen molar-refractivity contribution in [1.29, 1.82) is 0 Å². The van der Waals surface area contributed by atoms with E-state index in [-0.39, 0.29) is 18.5 Å². The van der Waals surface area contributed by atoms with E-state index >= 15 is 0 Å². The molecule has 0 aliphatic carbocycles. The van der Waals surface area contributed by atoms with E-state index in [1.165, 1.54) is 244 Å². The first kappa shape index (κ1) is 61.6. The summed E-state index contributed by atoms with van der Waals surface area (Å²) in [6.45, 7) is 4.94.